The Morgan fingerprint density at radius 3 is 2.36 bits per heavy atom. The first-order chi connectivity index (χ1) is 4.97. The summed E-state index contributed by atoms with van der Waals surface area (Å²) in [4.78, 5) is 0. The molecule has 0 bridgehead atoms. The topological polar surface area (TPSA) is 52.6 Å². The van der Waals surface area contributed by atoms with Gasteiger partial charge in [-0.25, -0.2) is 0 Å². The van der Waals surface area contributed by atoms with Crippen molar-refractivity contribution in [3.63, 3.8) is 0 Å². The highest BCUT2D eigenvalue weighted by atomic mass is 32.2. The standard InChI is InChI=1S/C6H12O4S/c1-6(3-10-4-6)5-11(7,8)9-2/h3-5H2,1-2H3. The first kappa shape index (κ1) is 8.96. The SMILES string of the molecule is COS(=O)(=O)CC1(C)COC1. The lowest BCUT2D eigenvalue weighted by molar-refractivity contribution is -0.0877. The lowest BCUT2D eigenvalue weighted by Gasteiger charge is -2.36. The van der Waals surface area contributed by atoms with Crippen molar-refractivity contribution in [2.45, 2.75) is 6.92 Å². The van der Waals surface area contributed by atoms with Gasteiger partial charge in [0, 0.05) is 5.41 Å². The lowest BCUT2D eigenvalue weighted by Crippen LogP contribution is -2.45. The summed E-state index contributed by atoms with van der Waals surface area (Å²) in [6.07, 6.45) is 0. The molecular weight excluding hydrogens is 168 g/mol. The Bertz CT molecular complexity index is 227. The van der Waals surface area contributed by atoms with E-state index in [1.165, 1.54) is 7.11 Å². The van der Waals surface area contributed by atoms with Crippen LogP contribution >= 0.6 is 0 Å². The summed E-state index contributed by atoms with van der Waals surface area (Å²) in [6.45, 7) is 2.89. The smallest absolute Gasteiger partial charge is 0.267 e. The summed E-state index contributed by atoms with van der Waals surface area (Å²) in [5.74, 6) is 0.0521. The first-order valence-electron chi connectivity index (χ1n) is 3.33. The molecule has 1 saturated heterocycles. The molecule has 4 nitrogen and oxygen atoms in total. The number of hydrogen-bond donors (Lipinski definition) is 0. The molecule has 0 N–H and O–H groups in total. The van der Waals surface area contributed by atoms with E-state index < -0.39 is 10.1 Å². The van der Waals surface area contributed by atoms with Crippen LogP contribution in [0.4, 0.5) is 0 Å². The van der Waals surface area contributed by atoms with Crippen LogP contribution in [0, 0.1) is 5.41 Å². The molecule has 0 unspecified atom stereocenters. The molecule has 0 spiro atoms. The Hall–Kier alpha value is -0.130. The lowest BCUT2D eigenvalue weighted by atomic mass is 9.92. The molecule has 0 radical (unpaired) electrons. The number of rotatable bonds is 3. The van der Waals surface area contributed by atoms with Gasteiger partial charge in [0.15, 0.2) is 0 Å². The second-order valence-corrected chi connectivity index (χ2v) is 4.91. The summed E-state index contributed by atoms with van der Waals surface area (Å²) in [5.41, 5.74) is -0.227. The van der Waals surface area contributed by atoms with Gasteiger partial charge in [-0.3, -0.25) is 4.18 Å². The summed E-state index contributed by atoms with van der Waals surface area (Å²) in [7, 11) is -2.14. The van der Waals surface area contributed by atoms with E-state index in [9.17, 15) is 8.42 Å². The Kier molecular flexibility index (Phi) is 2.22. The van der Waals surface area contributed by atoms with Crippen molar-refractivity contribution in [3.8, 4) is 0 Å². The minimum atomic E-state index is -3.32. The van der Waals surface area contributed by atoms with Gasteiger partial charge in [0.2, 0.25) is 0 Å². The molecular formula is C6H12O4S. The summed E-state index contributed by atoms with van der Waals surface area (Å²) >= 11 is 0. The Morgan fingerprint density at radius 1 is 1.55 bits per heavy atom. The van der Waals surface area contributed by atoms with Gasteiger partial charge in [0.1, 0.15) is 0 Å². The highest BCUT2D eigenvalue weighted by Gasteiger charge is 2.38. The van der Waals surface area contributed by atoms with Crippen molar-refractivity contribution >= 4 is 10.1 Å². The molecule has 0 aromatic heterocycles. The van der Waals surface area contributed by atoms with Crippen LogP contribution in [0.5, 0.6) is 0 Å². The zero-order valence-corrected chi connectivity index (χ0v) is 7.48. The molecule has 1 rings (SSSR count). The van der Waals surface area contributed by atoms with E-state index in [-0.39, 0.29) is 11.2 Å². The molecule has 0 amide bonds. The fourth-order valence-corrected chi connectivity index (χ4v) is 2.16. The molecule has 1 aliphatic rings. The van der Waals surface area contributed by atoms with Gasteiger partial charge < -0.3 is 4.74 Å². The number of ether oxygens (including phenoxy) is 1. The third-order valence-corrected chi connectivity index (χ3v) is 3.24. The van der Waals surface area contributed by atoms with Crippen molar-refractivity contribution < 1.29 is 17.3 Å². The van der Waals surface area contributed by atoms with Crippen molar-refractivity contribution in [2.24, 2.45) is 5.41 Å². The van der Waals surface area contributed by atoms with Crippen molar-refractivity contribution in [1.82, 2.24) is 0 Å². The van der Waals surface area contributed by atoms with E-state index in [4.69, 9.17) is 4.74 Å². The fourth-order valence-electron chi connectivity index (χ4n) is 1.02. The first-order valence-corrected chi connectivity index (χ1v) is 4.91. The summed E-state index contributed by atoms with van der Waals surface area (Å²) in [6, 6.07) is 0. The van der Waals surface area contributed by atoms with Crippen LogP contribution in [0.3, 0.4) is 0 Å². The molecule has 1 heterocycles. The van der Waals surface area contributed by atoms with Crippen LogP contribution < -0.4 is 0 Å². The van der Waals surface area contributed by atoms with E-state index in [1.807, 2.05) is 6.92 Å². The van der Waals surface area contributed by atoms with Crippen LogP contribution in [0.25, 0.3) is 0 Å². The molecule has 1 aliphatic heterocycles. The molecule has 66 valence electrons. The maximum atomic E-state index is 10.9. The molecule has 5 heteroatoms. The van der Waals surface area contributed by atoms with Gasteiger partial charge in [0.25, 0.3) is 10.1 Å². The molecule has 0 atom stereocenters. The average molecular weight is 180 g/mol. The second-order valence-electron chi connectivity index (χ2n) is 3.17. The minimum Gasteiger partial charge on any atom is -0.380 e. The van der Waals surface area contributed by atoms with Gasteiger partial charge in [-0.15, -0.1) is 0 Å². The van der Waals surface area contributed by atoms with E-state index in [2.05, 4.69) is 4.18 Å². The van der Waals surface area contributed by atoms with Crippen LogP contribution in [-0.2, 0) is 19.0 Å². The van der Waals surface area contributed by atoms with Gasteiger partial charge in [-0.1, -0.05) is 6.92 Å². The van der Waals surface area contributed by atoms with Crippen LogP contribution in [0.2, 0.25) is 0 Å². The van der Waals surface area contributed by atoms with E-state index in [0.717, 1.165) is 0 Å². The maximum absolute atomic E-state index is 10.9. The summed E-state index contributed by atoms with van der Waals surface area (Å²) < 4.78 is 31.1. The van der Waals surface area contributed by atoms with Gasteiger partial charge >= 0.3 is 0 Å². The van der Waals surface area contributed by atoms with Crippen LogP contribution in [0.15, 0.2) is 0 Å². The van der Waals surface area contributed by atoms with Crippen molar-refractivity contribution in [1.29, 1.82) is 0 Å². The Labute approximate surface area is 66.6 Å². The molecule has 1 fully saturated rings. The van der Waals surface area contributed by atoms with E-state index >= 15 is 0 Å². The molecule has 0 aromatic rings. The molecule has 0 saturated carbocycles. The van der Waals surface area contributed by atoms with Crippen LogP contribution in [-0.4, -0.2) is 34.5 Å². The monoisotopic (exact) mass is 180 g/mol. The van der Waals surface area contributed by atoms with Gasteiger partial charge in [-0.2, -0.15) is 8.42 Å². The highest BCUT2D eigenvalue weighted by molar-refractivity contribution is 7.86. The fraction of sp³-hybridized carbons (Fsp3) is 1.00. The zero-order valence-electron chi connectivity index (χ0n) is 6.66. The predicted molar refractivity (Wildman–Crippen MR) is 39.7 cm³/mol. The zero-order chi connectivity index (χ0) is 8.54. The second kappa shape index (κ2) is 2.73. The van der Waals surface area contributed by atoms with Gasteiger partial charge in [-0.05, 0) is 0 Å². The van der Waals surface area contributed by atoms with Crippen molar-refractivity contribution in [2.75, 3.05) is 26.1 Å². The normalized spacial score (nSPS) is 22.7. The third-order valence-electron chi connectivity index (χ3n) is 1.68. The predicted octanol–water partition coefficient (Wildman–Crippen LogP) is -0.000900. The highest BCUT2D eigenvalue weighted by Crippen LogP contribution is 2.28. The van der Waals surface area contributed by atoms with Gasteiger partial charge in [0.05, 0.1) is 26.1 Å². The van der Waals surface area contributed by atoms with Crippen LogP contribution in [0.1, 0.15) is 6.92 Å². The summed E-state index contributed by atoms with van der Waals surface area (Å²) in [5, 5.41) is 0. The molecule has 11 heavy (non-hydrogen) atoms. The Morgan fingerprint density at radius 2 is 2.09 bits per heavy atom. The third kappa shape index (κ3) is 2.15. The minimum absolute atomic E-state index is 0.0521. The average Bonchev–Trinajstić information content (AvgIpc) is 1.84. The number of hydrogen-bond acceptors (Lipinski definition) is 4. The van der Waals surface area contributed by atoms with E-state index in [1.54, 1.807) is 0 Å². The quantitative estimate of drug-likeness (QED) is 0.574. The molecule has 0 aliphatic carbocycles. The Balaban J connectivity index is 2.54. The van der Waals surface area contributed by atoms with E-state index in [0.29, 0.717) is 13.2 Å². The largest absolute Gasteiger partial charge is 0.380 e. The maximum Gasteiger partial charge on any atom is 0.267 e. The van der Waals surface area contributed by atoms with Crippen molar-refractivity contribution in [3.05, 3.63) is 0 Å². The molecule has 0 aromatic carbocycles.